The Morgan fingerprint density at radius 1 is 1.00 bits per heavy atom. The van der Waals surface area contributed by atoms with E-state index in [2.05, 4.69) is 9.97 Å². The number of hydrogen-bond donors (Lipinski definition) is 1. The maximum Gasteiger partial charge on any atom is 0.335 e. The summed E-state index contributed by atoms with van der Waals surface area (Å²) in [4.78, 5) is 20.6. The molecular weight excluding hydrogens is 566 g/mol. The molecule has 0 radical (unpaired) electrons. The number of carbonyl (C=O) groups is 1. The van der Waals surface area contributed by atoms with E-state index in [0.717, 1.165) is 18.6 Å². The quantitative estimate of drug-likeness (QED) is 0.177. The lowest BCUT2D eigenvalue weighted by Crippen LogP contribution is -2.31. The van der Waals surface area contributed by atoms with Crippen molar-refractivity contribution in [2.75, 3.05) is 6.61 Å². The summed E-state index contributed by atoms with van der Waals surface area (Å²) in [6, 6.07) is 17.5. The second-order valence-electron chi connectivity index (χ2n) is 10.2. The molecule has 0 saturated carbocycles. The Bertz CT molecular complexity index is 1820. The van der Waals surface area contributed by atoms with Crippen LogP contribution in [-0.4, -0.2) is 38.3 Å². The second-order valence-corrected chi connectivity index (χ2v) is 10.2. The molecule has 0 amide bonds. The van der Waals surface area contributed by atoms with Gasteiger partial charge >= 0.3 is 5.97 Å². The largest absolute Gasteiger partial charge is 0.478 e. The maximum absolute atomic E-state index is 15.4. The van der Waals surface area contributed by atoms with Crippen molar-refractivity contribution >= 4 is 17.0 Å². The van der Waals surface area contributed by atoms with E-state index < -0.39 is 29.6 Å². The van der Waals surface area contributed by atoms with E-state index in [4.69, 9.17) is 9.47 Å². The second kappa shape index (κ2) is 11.8. The van der Waals surface area contributed by atoms with Crippen molar-refractivity contribution in [2.24, 2.45) is 0 Å². The van der Waals surface area contributed by atoms with Gasteiger partial charge in [-0.1, -0.05) is 30.3 Å². The van der Waals surface area contributed by atoms with E-state index in [1.54, 1.807) is 42.5 Å². The van der Waals surface area contributed by atoms with Crippen LogP contribution in [0.4, 0.5) is 17.6 Å². The molecule has 43 heavy (non-hydrogen) atoms. The summed E-state index contributed by atoms with van der Waals surface area (Å²) in [7, 11) is 0. The Labute approximate surface area is 243 Å². The normalized spacial score (nSPS) is 14.7. The Balaban J connectivity index is 1.21. The molecule has 0 aliphatic carbocycles. The van der Waals surface area contributed by atoms with Gasteiger partial charge < -0.3 is 19.1 Å². The summed E-state index contributed by atoms with van der Waals surface area (Å²) in [5.41, 5.74) is 2.39. The first kappa shape index (κ1) is 28.4. The number of fused-ring (bicyclic) bond motifs is 1. The lowest BCUT2D eigenvalue weighted by atomic mass is 10.1. The fourth-order valence-corrected chi connectivity index (χ4v) is 4.92. The molecule has 1 aliphatic heterocycles. The first-order valence-corrected chi connectivity index (χ1v) is 13.5. The van der Waals surface area contributed by atoms with Crippen molar-refractivity contribution in [3.8, 4) is 17.1 Å². The highest BCUT2D eigenvalue weighted by Gasteiger charge is 2.23. The molecule has 1 atom stereocenters. The third-order valence-corrected chi connectivity index (χ3v) is 7.38. The number of imidazole rings is 1. The highest BCUT2D eigenvalue weighted by Crippen LogP contribution is 2.28. The first-order chi connectivity index (χ1) is 20.7. The number of halogens is 4. The average Bonchev–Trinajstić information content (AvgIpc) is 3.31. The van der Waals surface area contributed by atoms with Gasteiger partial charge in [-0.25, -0.2) is 32.3 Å². The molecule has 0 bridgehead atoms. The summed E-state index contributed by atoms with van der Waals surface area (Å²) in [5.74, 6) is -1.58. The fourth-order valence-electron chi connectivity index (χ4n) is 4.92. The number of ether oxygens (including phenoxy) is 2. The van der Waals surface area contributed by atoms with E-state index in [0.29, 0.717) is 46.8 Å². The molecule has 0 unspecified atom stereocenters. The Morgan fingerprint density at radius 3 is 2.49 bits per heavy atom. The van der Waals surface area contributed by atoms with Gasteiger partial charge in [0.25, 0.3) is 6.43 Å². The van der Waals surface area contributed by atoms with Gasteiger partial charge in [-0.2, -0.15) is 0 Å². The molecule has 0 spiro atoms. The predicted molar refractivity (Wildman–Crippen MR) is 149 cm³/mol. The van der Waals surface area contributed by atoms with Gasteiger partial charge in [0.1, 0.15) is 24.1 Å². The van der Waals surface area contributed by atoms with E-state index in [1.807, 2.05) is 4.57 Å². The average molecular weight is 592 g/mol. The molecule has 1 aliphatic rings. The van der Waals surface area contributed by atoms with Crippen LogP contribution in [0, 0.1) is 11.6 Å². The van der Waals surface area contributed by atoms with Crippen LogP contribution in [0.15, 0.2) is 72.8 Å². The van der Waals surface area contributed by atoms with Crippen LogP contribution < -0.4 is 4.74 Å². The Hall–Kier alpha value is -4.77. The number of alkyl halides is 2. The standard InChI is InChI=1S/C32H25F4N3O4/c33-24-12-19(26-2-1-3-30(38-26)43-17-22-7-6-20(31(35)36)13-25(22)34)5-4-18(24)15-29-37-27-9-8-21(32(40)41)14-28(27)39(29)16-23-10-11-42-23/h1-9,12-14,23,31H,10-11,15-17H2,(H,40,41)/t23-/m0/s1. The third kappa shape index (κ3) is 6.07. The number of rotatable bonds is 10. The molecular formula is C32H25F4N3O4. The number of aromatic nitrogens is 3. The minimum Gasteiger partial charge on any atom is -0.478 e. The first-order valence-electron chi connectivity index (χ1n) is 13.5. The SMILES string of the molecule is O=C(O)c1ccc2nc(Cc3ccc(-c4cccc(OCc5ccc(C(F)F)cc5F)n4)cc3F)n(C[C@@H]3CCO3)c2c1. The number of benzene rings is 3. The fraction of sp³-hybridized carbons (Fsp3) is 0.219. The lowest BCUT2D eigenvalue weighted by Gasteiger charge is -2.27. The summed E-state index contributed by atoms with van der Waals surface area (Å²) in [6.07, 6.45) is -1.75. The van der Waals surface area contributed by atoms with Gasteiger partial charge in [0.05, 0.1) is 34.9 Å². The van der Waals surface area contributed by atoms with Crippen molar-refractivity contribution < 1.29 is 36.9 Å². The molecule has 3 aromatic carbocycles. The summed E-state index contributed by atoms with van der Waals surface area (Å²) >= 11 is 0. The number of hydrogen-bond acceptors (Lipinski definition) is 5. The van der Waals surface area contributed by atoms with Crippen LogP contribution in [-0.2, 0) is 24.3 Å². The summed E-state index contributed by atoms with van der Waals surface area (Å²) in [6.45, 7) is 0.917. The monoisotopic (exact) mass is 591 g/mol. The number of carboxylic acid groups (broad SMARTS) is 1. The molecule has 1 saturated heterocycles. The molecule has 5 aromatic rings. The van der Waals surface area contributed by atoms with E-state index >= 15 is 4.39 Å². The van der Waals surface area contributed by atoms with Gasteiger partial charge in [-0.15, -0.1) is 0 Å². The molecule has 11 heteroatoms. The minimum atomic E-state index is -2.77. The smallest absolute Gasteiger partial charge is 0.335 e. The van der Waals surface area contributed by atoms with Crippen LogP contribution in [0.5, 0.6) is 5.88 Å². The van der Waals surface area contributed by atoms with Crippen molar-refractivity contribution in [2.45, 2.75) is 38.5 Å². The van der Waals surface area contributed by atoms with Crippen LogP contribution >= 0.6 is 0 Å². The molecule has 6 rings (SSSR count). The molecule has 2 aromatic heterocycles. The Kier molecular flexibility index (Phi) is 7.81. The van der Waals surface area contributed by atoms with Gasteiger partial charge in [-0.05, 0) is 48.4 Å². The predicted octanol–water partition coefficient (Wildman–Crippen LogP) is 6.97. The zero-order chi connectivity index (χ0) is 30.1. The summed E-state index contributed by atoms with van der Waals surface area (Å²) in [5, 5.41) is 9.45. The number of nitrogens with zero attached hydrogens (tertiary/aromatic N) is 3. The van der Waals surface area contributed by atoms with Crippen LogP contribution in [0.25, 0.3) is 22.3 Å². The number of aromatic carboxylic acids is 1. The van der Waals surface area contributed by atoms with E-state index in [-0.39, 0.29) is 36.1 Å². The van der Waals surface area contributed by atoms with Crippen molar-refractivity contribution in [3.63, 3.8) is 0 Å². The molecule has 1 fully saturated rings. The van der Waals surface area contributed by atoms with Gasteiger partial charge in [0.2, 0.25) is 5.88 Å². The highest BCUT2D eigenvalue weighted by atomic mass is 19.3. The highest BCUT2D eigenvalue weighted by molar-refractivity contribution is 5.92. The maximum atomic E-state index is 15.4. The topological polar surface area (TPSA) is 86.5 Å². The third-order valence-electron chi connectivity index (χ3n) is 7.38. The number of carboxylic acids is 1. The van der Waals surface area contributed by atoms with Gasteiger partial charge in [-0.3, -0.25) is 0 Å². The van der Waals surface area contributed by atoms with Crippen LogP contribution in [0.3, 0.4) is 0 Å². The lowest BCUT2D eigenvalue weighted by molar-refractivity contribution is -0.0589. The molecule has 220 valence electrons. The van der Waals surface area contributed by atoms with Crippen LogP contribution in [0.1, 0.15) is 45.7 Å². The van der Waals surface area contributed by atoms with Crippen molar-refractivity contribution in [1.82, 2.24) is 14.5 Å². The van der Waals surface area contributed by atoms with Gasteiger partial charge in [0.15, 0.2) is 0 Å². The molecule has 1 N–H and O–H groups in total. The molecule has 3 heterocycles. The van der Waals surface area contributed by atoms with Crippen molar-refractivity contribution in [1.29, 1.82) is 0 Å². The van der Waals surface area contributed by atoms with Crippen molar-refractivity contribution in [3.05, 3.63) is 113 Å². The van der Waals surface area contributed by atoms with E-state index in [1.165, 1.54) is 18.2 Å². The minimum absolute atomic E-state index is 0.0223. The van der Waals surface area contributed by atoms with E-state index in [9.17, 15) is 23.1 Å². The number of pyridine rings is 1. The molecule has 7 nitrogen and oxygen atoms in total. The zero-order valence-corrected chi connectivity index (χ0v) is 22.6. The van der Waals surface area contributed by atoms with Crippen LogP contribution in [0.2, 0.25) is 0 Å². The van der Waals surface area contributed by atoms with Gasteiger partial charge in [0, 0.05) is 35.8 Å². The summed E-state index contributed by atoms with van der Waals surface area (Å²) < 4.78 is 68.3. The Morgan fingerprint density at radius 2 is 1.79 bits per heavy atom. The zero-order valence-electron chi connectivity index (χ0n) is 22.6.